The lowest BCUT2D eigenvalue weighted by Gasteiger charge is -2.33. The Morgan fingerprint density at radius 2 is 1.82 bits per heavy atom. The van der Waals surface area contributed by atoms with Crippen molar-refractivity contribution in [1.29, 1.82) is 0 Å². The molecule has 7 heteroatoms. The van der Waals surface area contributed by atoms with Crippen molar-refractivity contribution in [2.75, 3.05) is 4.90 Å². The number of imide groups is 1. The van der Waals surface area contributed by atoms with Crippen LogP contribution in [0.5, 0.6) is 0 Å². The minimum absolute atomic E-state index is 0.263. The highest BCUT2D eigenvalue weighted by atomic mass is 35.5. The SMILES string of the molecule is O=C1NC2SC(c3ccccc3Cl)=CC2C(=O)N1c1cncc2ccccc12. The van der Waals surface area contributed by atoms with Crippen molar-refractivity contribution in [3.8, 4) is 0 Å². The monoisotopic (exact) mass is 407 g/mol. The fourth-order valence-electron chi connectivity index (χ4n) is 3.58. The molecule has 2 aromatic carbocycles. The van der Waals surface area contributed by atoms with Crippen molar-refractivity contribution >= 4 is 56.7 Å². The Balaban J connectivity index is 1.56. The van der Waals surface area contributed by atoms with Crippen LogP contribution < -0.4 is 10.2 Å². The first-order chi connectivity index (χ1) is 13.6. The lowest BCUT2D eigenvalue weighted by Crippen LogP contribution is -2.57. The number of rotatable bonds is 2. The zero-order chi connectivity index (χ0) is 19.3. The average molecular weight is 408 g/mol. The molecule has 2 aliphatic rings. The van der Waals surface area contributed by atoms with E-state index in [1.54, 1.807) is 12.4 Å². The number of carbonyl (C=O) groups excluding carboxylic acids is 2. The summed E-state index contributed by atoms with van der Waals surface area (Å²) in [5.41, 5.74) is 1.35. The van der Waals surface area contributed by atoms with Crippen LogP contribution in [-0.2, 0) is 4.79 Å². The van der Waals surface area contributed by atoms with Crippen LogP contribution >= 0.6 is 23.4 Å². The third kappa shape index (κ3) is 2.68. The summed E-state index contributed by atoms with van der Waals surface area (Å²) in [4.78, 5) is 32.4. The molecule has 1 N–H and O–H groups in total. The molecule has 0 aliphatic carbocycles. The summed E-state index contributed by atoms with van der Waals surface area (Å²) in [6.45, 7) is 0. The quantitative estimate of drug-likeness (QED) is 0.670. The third-order valence-electron chi connectivity index (χ3n) is 4.91. The number of hydrogen-bond donors (Lipinski definition) is 1. The van der Waals surface area contributed by atoms with Crippen LogP contribution in [0.1, 0.15) is 5.56 Å². The number of halogens is 1. The van der Waals surface area contributed by atoms with E-state index in [-0.39, 0.29) is 11.3 Å². The van der Waals surface area contributed by atoms with Crippen molar-refractivity contribution in [3.63, 3.8) is 0 Å². The summed E-state index contributed by atoms with van der Waals surface area (Å²) in [6, 6.07) is 14.6. The van der Waals surface area contributed by atoms with Crippen LogP contribution in [0.4, 0.5) is 10.5 Å². The number of thioether (sulfide) groups is 1. The molecule has 3 aromatic rings. The molecule has 1 saturated heterocycles. The molecular weight excluding hydrogens is 394 g/mol. The number of pyridine rings is 1. The Hall–Kier alpha value is -2.83. The first-order valence-electron chi connectivity index (χ1n) is 8.74. The average Bonchev–Trinajstić information content (AvgIpc) is 3.12. The number of urea groups is 1. The molecule has 5 rings (SSSR count). The number of amides is 3. The zero-order valence-corrected chi connectivity index (χ0v) is 16.1. The van der Waals surface area contributed by atoms with Crippen LogP contribution in [0.2, 0.25) is 5.02 Å². The fourth-order valence-corrected chi connectivity index (χ4v) is 5.18. The molecule has 0 saturated carbocycles. The molecule has 28 heavy (non-hydrogen) atoms. The van der Waals surface area contributed by atoms with Crippen LogP contribution in [0.25, 0.3) is 15.7 Å². The van der Waals surface area contributed by atoms with Gasteiger partial charge in [0, 0.05) is 32.5 Å². The Kier molecular flexibility index (Phi) is 4.10. The summed E-state index contributed by atoms with van der Waals surface area (Å²) in [6.07, 6.45) is 5.17. The number of fused-ring (bicyclic) bond motifs is 2. The Morgan fingerprint density at radius 1 is 1.04 bits per heavy atom. The lowest BCUT2D eigenvalue weighted by molar-refractivity contribution is -0.121. The largest absolute Gasteiger partial charge is 0.329 e. The maximum absolute atomic E-state index is 13.3. The normalized spacial score (nSPS) is 21.5. The van der Waals surface area contributed by atoms with Gasteiger partial charge in [-0.25, -0.2) is 9.69 Å². The zero-order valence-electron chi connectivity index (χ0n) is 14.5. The molecule has 2 unspecified atom stereocenters. The molecule has 1 aromatic heterocycles. The van der Waals surface area contributed by atoms with E-state index in [4.69, 9.17) is 11.6 Å². The predicted molar refractivity (Wildman–Crippen MR) is 112 cm³/mol. The van der Waals surface area contributed by atoms with Crippen LogP contribution in [-0.4, -0.2) is 22.3 Å². The van der Waals surface area contributed by atoms with E-state index in [1.165, 1.54) is 16.7 Å². The van der Waals surface area contributed by atoms with Gasteiger partial charge in [0.05, 0.1) is 23.2 Å². The second-order valence-electron chi connectivity index (χ2n) is 6.58. The number of benzene rings is 2. The summed E-state index contributed by atoms with van der Waals surface area (Å²) in [7, 11) is 0. The van der Waals surface area contributed by atoms with E-state index in [0.717, 1.165) is 21.2 Å². The Morgan fingerprint density at radius 3 is 2.68 bits per heavy atom. The molecule has 0 bridgehead atoms. The highest BCUT2D eigenvalue weighted by Crippen LogP contribution is 2.46. The number of nitrogens with zero attached hydrogens (tertiary/aromatic N) is 2. The minimum Gasteiger partial charge on any atom is -0.324 e. The van der Waals surface area contributed by atoms with Crippen molar-refractivity contribution in [1.82, 2.24) is 10.3 Å². The van der Waals surface area contributed by atoms with Crippen molar-refractivity contribution < 1.29 is 9.59 Å². The van der Waals surface area contributed by atoms with Gasteiger partial charge in [-0.15, -0.1) is 0 Å². The molecule has 0 radical (unpaired) electrons. The molecule has 5 nitrogen and oxygen atoms in total. The minimum atomic E-state index is -0.465. The second kappa shape index (κ2) is 6.65. The van der Waals surface area contributed by atoms with Gasteiger partial charge in [-0.3, -0.25) is 9.78 Å². The fraction of sp³-hybridized carbons (Fsp3) is 0.0952. The van der Waals surface area contributed by atoms with Gasteiger partial charge in [0.1, 0.15) is 0 Å². The molecule has 1 fully saturated rings. The lowest BCUT2D eigenvalue weighted by atomic mass is 10.0. The van der Waals surface area contributed by atoms with E-state index in [2.05, 4.69) is 10.3 Å². The van der Waals surface area contributed by atoms with Crippen molar-refractivity contribution in [3.05, 3.63) is 77.6 Å². The topological polar surface area (TPSA) is 62.3 Å². The summed E-state index contributed by atoms with van der Waals surface area (Å²) >= 11 is 7.76. The maximum atomic E-state index is 13.3. The second-order valence-corrected chi connectivity index (χ2v) is 8.17. The van der Waals surface area contributed by atoms with Gasteiger partial charge in [0.2, 0.25) is 5.91 Å². The Bertz CT molecular complexity index is 1160. The molecular formula is C21H14ClN3O2S. The van der Waals surface area contributed by atoms with Crippen molar-refractivity contribution in [2.45, 2.75) is 5.37 Å². The predicted octanol–water partition coefficient (Wildman–Crippen LogP) is 4.67. The van der Waals surface area contributed by atoms with E-state index >= 15 is 0 Å². The molecule has 2 aliphatic heterocycles. The maximum Gasteiger partial charge on any atom is 0.329 e. The first-order valence-corrected chi connectivity index (χ1v) is 10.00. The standard InChI is InChI=1S/C21H14ClN3O2S/c22-16-8-4-3-7-14(16)18-9-15-19(28-18)24-21(27)25(20(15)26)17-11-23-10-12-5-1-2-6-13(12)17/h1-11,15,19H,(H,24,27). The highest BCUT2D eigenvalue weighted by Gasteiger charge is 2.45. The summed E-state index contributed by atoms with van der Waals surface area (Å²) in [5.74, 6) is -0.727. The van der Waals surface area contributed by atoms with Gasteiger partial charge in [-0.1, -0.05) is 71.9 Å². The van der Waals surface area contributed by atoms with E-state index in [9.17, 15) is 9.59 Å². The molecule has 2 atom stereocenters. The van der Waals surface area contributed by atoms with E-state index in [1.807, 2.05) is 54.6 Å². The van der Waals surface area contributed by atoms with Gasteiger partial charge in [-0.2, -0.15) is 0 Å². The number of aromatic nitrogens is 1. The highest BCUT2D eigenvalue weighted by molar-refractivity contribution is 8.09. The van der Waals surface area contributed by atoms with Gasteiger partial charge >= 0.3 is 6.03 Å². The summed E-state index contributed by atoms with van der Waals surface area (Å²) < 4.78 is 0. The molecule has 3 heterocycles. The van der Waals surface area contributed by atoms with Crippen LogP contribution in [0, 0.1) is 5.92 Å². The van der Waals surface area contributed by atoms with Gasteiger partial charge in [0.15, 0.2) is 0 Å². The third-order valence-corrected chi connectivity index (χ3v) is 6.52. The molecule has 3 amide bonds. The van der Waals surface area contributed by atoms with Crippen molar-refractivity contribution in [2.24, 2.45) is 5.92 Å². The van der Waals surface area contributed by atoms with Gasteiger partial charge in [0.25, 0.3) is 0 Å². The number of carbonyl (C=O) groups is 2. The first kappa shape index (κ1) is 17.3. The number of hydrogen-bond acceptors (Lipinski definition) is 4. The van der Waals surface area contributed by atoms with Gasteiger partial charge in [-0.05, 0) is 6.07 Å². The Labute approximate surface area is 170 Å². The number of nitrogens with one attached hydrogen (secondary N) is 1. The van der Waals surface area contributed by atoms with Crippen LogP contribution in [0.15, 0.2) is 67.0 Å². The van der Waals surface area contributed by atoms with Crippen LogP contribution in [0.3, 0.4) is 0 Å². The van der Waals surface area contributed by atoms with E-state index < -0.39 is 11.9 Å². The number of anilines is 1. The molecule has 0 spiro atoms. The van der Waals surface area contributed by atoms with Gasteiger partial charge < -0.3 is 5.32 Å². The summed E-state index contributed by atoms with van der Waals surface area (Å²) in [5, 5.41) is 4.90. The molecule has 138 valence electrons. The van der Waals surface area contributed by atoms with E-state index in [0.29, 0.717) is 10.7 Å². The smallest absolute Gasteiger partial charge is 0.324 e.